The van der Waals surface area contributed by atoms with Gasteiger partial charge in [-0.15, -0.1) is 11.8 Å². The predicted octanol–water partition coefficient (Wildman–Crippen LogP) is -1.05. The predicted molar refractivity (Wildman–Crippen MR) is 50.6 cm³/mol. The summed E-state index contributed by atoms with van der Waals surface area (Å²) in [4.78, 5) is 21.2. The summed E-state index contributed by atoms with van der Waals surface area (Å²) in [6, 6.07) is 0. The molecule has 2 amide bonds. The van der Waals surface area contributed by atoms with Crippen LogP contribution in [0.15, 0.2) is 12.7 Å². The number of aliphatic hydroxyl groups excluding tert-OH is 1. The second-order valence-corrected chi connectivity index (χ2v) is 3.65. The highest BCUT2D eigenvalue weighted by atomic mass is 32.2. The minimum absolute atomic E-state index is 0.176. The third kappa shape index (κ3) is 5.26. The molecule has 0 aromatic heterocycles. The summed E-state index contributed by atoms with van der Waals surface area (Å²) in [5.74, 6) is -1.31. The first-order valence-electron chi connectivity index (χ1n) is 3.51. The highest BCUT2D eigenvalue weighted by molar-refractivity contribution is 8.01. The number of primary amides is 2. The second kappa shape index (κ2) is 5.60. The number of carbonyl (C=O) groups excluding carboxylic acids is 2. The van der Waals surface area contributed by atoms with Crippen LogP contribution >= 0.6 is 11.8 Å². The van der Waals surface area contributed by atoms with Crippen molar-refractivity contribution in [3.8, 4) is 0 Å². The zero-order valence-electron chi connectivity index (χ0n) is 6.97. The molecule has 0 bridgehead atoms. The first-order valence-corrected chi connectivity index (χ1v) is 4.45. The zero-order valence-corrected chi connectivity index (χ0v) is 7.79. The van der Waals surface area contributed by atoms with Crippen molar-refractivity contribution < 1.29 is 14.7 Å². The third-order valence-electron chi connectivity index (χ3n) is 1.21. The maximum absolute atomic E-state index is 10.7. The van der Waals surface area contributed by atoms with Gasteiger partial charge in [0.25, 0.3) is 0 Å². The van der Waals surface area contributed by atoms with Crippen LogP contribution in [-0.2, 0) is 9.59 Å². The number of nitrogens with two attached hydrogens (primary N) is 2. The zero-order chi connectivity index (χ0) is 10.4. The van der Waals surface area contributed by atoms with Crippen LogP contribution in [0.3, 0.4) is 0 Å². The monoisotopic (exact) mass is 204 g/mol. The van der Waals surface area contributed by atoms with Crippen molar-refractivity contribution in [3.05, 3.63) is 12.7 Å². The first kappa shape index (κ1) is 12.0. The van der Waals surface area contributed by atoms with Gasteiger partial charge in [-0.3, -0.25) is 9.59 Å². The van der Waals surface area contributed by atoms with Crippen molar-refractivity contribution in [3.63, 3.8) is 0 Å². The van der Waals surface area contributed by atoms with Gasteiger partial charge < -0.3 is 16.6 Å². The van der Waals surface area contributed by atoms with Gasteiger partial charge >= 0.3 is 0 Å². The van der Waals surface area contributed by atoms with Crippen molar-refractivity contribution in [1.29, 1.82) is 0 Å². The number of hydrogen-bond donors (Lipinski definition) is 3. The van der Waals surface area contributed by atoms with E-state index in [2.05, 4.69) is 6.58 Å². The van der Waals surface area contributed by atoms with Crippen molar-refractivity contribution >= 4 is 23.6 Å². The van der Waals surface area contributed by atoms with Crippen molar-refractivity contribution in [2.24, 2.45) is 11.5 Å². The Morgan fingerprint density at radius 2 is 2.08 bits per heavy atom. The molecule has 0 aliphatic heterocycles. The molecule has 2 unspecified atom stereocenters. The number of amides is 2. The molecule has 0 radical (unpaired) electrons. The molecule has 0 aromatic rings. The lowest BCUT2D eigenvalue weighted by molar-refractivity contribution is -0.122. The van der Waals surface area contributed by atoms with Gasteiger partial charge in [-0.05, 0) is 0 Å². The lowest BCUT2D eigenvalue weighted by atomic mass is 10.3. The summed E-state index contributed by atoms with van der Waals surface area (Å²) >= 11 is 0.843. The van der Waals surface area contributed by atoms with E-state index in [0.29, 0.717) is 0 Å². The molecule has 13 heavy (non-hydrogen) atoms. The van der Waals surface area contributed by atoms with E-state index in [4.69, 9.17) is 16.6 Å². The van der Waals surface area contributed by atoms with E-state index >= 15 is 0 Å². The van der Waals surface area contributed by atoms with Gasteiger partial charge in [-0.1, -0.05) is 12.7 Å². The van der Waals surface area contributed by atoms with Crippen LogP contribution in [0.5, 0.6) is 0 Å². The van der Waals surface area contributed by atoms with Crippen LogP contribution in [0.2, 0.25) is 0 Å². The molecular formula is C7H12N2O3S. The Balaban J connectivity index is 4.17. The fourth-order valence-electron chi connectivity index (χ4n) is 0.622. The molecule has 2 atom stereocenters. The molecule has 0 aromatic carbocycles. The summed E-state index contributed by atoms with van der Waals surface area (Å²) in [5, 5.41) is 8.27. The van der Waals surface area contributed by atoms with Gasteiger partial charge in [0.15, 0.2) is 0 Å². The highest BCUT2D eigenvalue weighted by Crippen LogP contribution is 2.19. The lowest BCUT2D eigenvalue weighted by Crippen LogP contribution is -2.31. The number of hydrogen-bond acceptors (Lipinski definition) is 4. The topological polar surface area (TPSA) is 106 Å². The van der Waals surface area contributed by atoms with Gasteiger partial charge in [0.05, 0.1) is 5.25 Å². The Morgan fingerprint density at radius 1 is 1.54 bits per heavy atom. The van der Waals surface area contributed by atoms with Gasteiger partial charge in [-0.25, -0.2) is 0 Å². The maximum atomic E-state index is 10.7. The molecule has 0 spiro atoms. The Morgan fingerprint density at radius 3 is 2.38 bits per heavy atom. The van der Waals surface area contributed by atoms with Crippen LogP contribution in [0.25, 0.3) is 0 Å². The molecule has 6 heteroatoms. The molecule has 0 rings (SSSR count). The lowest BCUT2D eigenvalue weighted by Gasteiger charge is -2.12. The largest absolute Gasteiger partial charge is 0.379 e. The Labute approximate surface area is 80.2 Å². The third-order valence-corrected chi connectivity index (χ3v) is 2.41. The highest BCUT2D eigenvalue weighted by Gasteiger charge is 2.20. The average molecular weight is 204 g/mol. The van der Waals surface area contributed by atoms with Crippen molar-refractivity contribution in [1.82, 2.24) is 0 Å². The summed E-state index contributed by atoms with van der Waals surface area (Å²) in [6.07, 6.45) is 1.06. The molecule has 5 N–H and O–H groups in total. The number of thioether (sulfide) groups is 1. The first-order chi connectivity index (χ1) is 5.97. The Bertz CT molecular complexity index is 220. The summed E-state index contributed by atoms with van der Waals surface area (Å²) in [5.41, 5.74) is 8.94. The van der Waals surface area contributed by atoms with E-state index in [1.165, 1.54) is 6.08 Å². The van der Waals surface area contributed by atoms with Crippen LogP contribution in [0.4, 0.5) is 0 Å². The molecule has 0 aliphatic carbocycles. The summed E-state index contributed by atoms with van der Waals surface area (Å²) in [6.45, 7) is 3.31. The SMILES string of the molecule is C=CC(O)SC(CC(N)=O)C(N)=O. The molecule has 0 heterocycles. The molecule has 0 fully saturated rings. The Hall–Kier alpha value is -1.01. The van der Waals surface area contributed by atoms with Gasteiger partial charge in [0.2, 0.25) is 11.8 Å². The number of aliphatic hydroxyl groups is 1. The van der Waals surface area contributed by atoms with Crippen LogP contribution in [0.1, 0.15) is 6.42 Å². The van der Waals surface area contributed by atoms with Crippen molar-refractivity contribution in [2.75, 3.05) is 0 Å². The molecule has 0 saturated heterocycles. The van der Waals surface area contributed by atoms with Gasteiger partial charge in [-0.2, -0.15) is 0 Å². The normalized spacial score (nSPS) is 14.5. The minimum atomic E-state index is -0.920. The molecular weight excluding hydrogens is 192 g/mol. The fraction of sp³-hybridized carbons (Fsp3) is 0.429. The molecule has 74 valence electrons. The van der Waals surface area contributed by atoms with Crippen LogP contribution in [0, 0.1) is 0 Å². The van der Waals surface area contributed by atoms with E-state index < -0.39 is 22.5 Å². The van der Waals surface area contributed by atoms with E-state index in [-0.39, 0.29) is 6.42 Å². The minimum Gasteiger partial charge on any atom is -0.379 e. The van der Waals surface area contributed by atoms with Gasteiger partial charge in [0.1, 0.15) is 5.44 Å². The van der Waals surface area contributed by atoms with E-state index in [0.717, 1.165) is 11.8 Å². The van der Waals surface area contributed by atoms with E-state index in [1.807, 2.05) is 0 Å². The quantitative estimate of drug-likeness (QED) is 0.379. The van der Waals surface area contributed by atoms with Gasteiger partial charge in [0, 0.05) is 6.42 Å². The standard InChI is InChI=1S/C7H12N2O3S/c1-2-6(11)13-4(7(9)12)3-5(8)10/h2,4,6,11H,1,3H2,(H2,8,10)(H2,9,12). The Kier molecular flexibility index (Phi) is 5.17. The average Bonchev–Trinajstić information content (AvgIpc) is 2.02. The molecule has 5 nitrogen and oxygen atoms in total. The van der Waals surface area contributed by atoms with Crippen molar-refractivity contribution in [2.45, 2.75) is 17.1 Å². The number of carbonyl (C=O) groups is 2. The van der Waals surface area contributed by atoms with E-state index in [1.54, 1.807) is 0 Å². The summed E-state index contributed by atoms with van der Waals surface area (Å²) < 4.78 is 0. The molecule has 0 saturated carbocycles. The fourth-order valence-corrected chi connectivity index (χ4v) is 1.46. The molecule has 0 aliphatic rings. The second-order valence-electron chi connectivity index (χ2n) is 2.32. The smallest absolute Gasteiger partial charge is 0.231 e. The van der Waals surface area contributed by atoms with Crippen LogP contribution < -0.4 is 11.5 Å². The number of rotatable bonds is 6. The van der Waals surface area contributed by atoms with E-state index in [9.17, 15) is 9.59 Å². The summed E-state index contributed by atoms with van der Waals surface area (Å²) in [7, 11) is 0. The van der Waals surface area contributed by atoms with Crippen LogP contribution in [-0.4, -0.2) is 27.6 Å². The maximum Gasteiger partial charge on any atom is 0.231 e.